The second kappa shape index (κ2) is 6.75. The van der Waals surface area contributed by atoms with Gasteiger partial charge in [-0.1, -0.05) is 18.2 Å². The molecule has 0 fully saturated rings. The van der Waals surface area contributed by atoms with Crippen LogP contribution in [0.5, 0.6) is 5.75 Å². The van der Waals surface area contributed by atoms with Crippen LogP contribution in [0.2, 0.25) is 0 Å². The zero-order chi connectivity index (χ0) is 15.3. The largest absolute Gasteiger partial charge is 0.491 e. The molecule has 20 heavy (non-hydrogen) atoms. The Kier molecular flexibility index (Phi) is 5.57. The third-order valence-electron chi connectivity index (χ3n) is 2.73. The van der Waals surface area contributed by atoms with Crippen LogP contribution in [0.1, 0.15) is 33.3 Å². The standard InChI is InChI=1S/C16H25NO3/c1-12(2)20-14-9-7-6-8-13(14)10-15(18)17(5)11-16(3,4)19/h6-9,12,19H,10-11H2,1-5H3. The number of aliphatic hydroxyl groups is 1. The molecule has 0 atom stereocenters. The monoisotopic (exact) mass is 279 g/mol. The average molecular weight is 279 g/mol. The van der Waals surface area contributed by atoms with E-state index in [0.29, 0.717) is 6.54 Å². The highest BCUT2D eigenvalue weighted by molar-refractivity contribution is 5.79. The summed E-state index contributed by atoms with van der Waals surface area (Å²) in [5.74, 6) is 0.708. The maximum absolute atomic E-state index is 12.2. The lowest BCUT2D eigenvalue weighted by Crippen LogP contribution is -2.40. The second-order valence-electron chi connectivity index (χ2n) is 6.01. The molecule has 0 unspecified atom stereocenters. The van der Waals surface area contributed by atoms with Crippen molar-refractivity contribution >= 4 is 5.91 Å². The van der Waals surface area contributed by atoms with E-state index in [1.165, 1.54) is 0 Å². The minimum atomic E-state index is -0.891. The average Bonchev–Trinajstić information content (AvgIpc) is 2.28. The Morgan fingerprint density at radius 1 is 1.35 bits per heavy atom. The van der Waals surface area contributed by atoms with Crippen LogP contribution in [-0.4, -0.2) is 41.2 Å². The number of ether oxygens (including phenoxy) is 1. The quantitative estimate of drug-likeness (QED) is 0.869. The number of rotatable bonds is 6. The van der Waals surface area contributed by atoms with Crippen molar-refractivity contribution in [3.05, 3.63) is 29.8 Å². The number of hydrogen-bond acceptors (Lipinski definition) is 3. The Labute approximate surface area is 121 Å². The minimum absolute atomic E-state index is 0.0352. The van der Waals surface area contributed by atoms with Gasteiger partial charge in [-0.25, -0.2) is 0 Å². The fourth-order valence-corrected chi connectivity index (χ4v) is 1.99. The SMILES string of the molecule is CC(C)Oc1ccccc1CC(=O)N(C)CC(C)(C)O. The lowest BCUT2D eigenvalue weighted by Gasteiger charge is -2.26. The molecular formula is C16H25NO3. The number of benzene rings is 1. The molecule has 4 nitrogen and oxygen atoms in total. The molecule has 4 heteroatoms. The van der Waals surface area contributed by atoms with Crippen molar-refractivity contribution in [1.29, 1.82) is 0 Å². The van der Waals surface area contributed by atoms with Crippen molar-refractivity contribution in [2.75, 3.05) is 13.6 Å². The Morgan fingerprint density at radius 3 is 2.50 bits per heavy atom. The third kappa shape index (κ3) is 5.61. The molecular weight excluding hydrogens is 254 g/mol. The predicted octanol–water partition coefficient (Wildman–Crippen LogP) is 2.25. The topological polar surface area (TPSA) is 49.8 Å². The van der Waals surface area contributed by atoms with Gasteiger partial charge in [0, 0.05) is 19.2 Å². The first kappa shape index (κ1) is 16.5. The summed E-state index contributed by atoms with van der Waals surface area (Å²) in [4.78, 5) is 13.7. The molecule has 0 radical (unpaired) electrons. The number of nitrogens with zero attached hydrogens (tertiary/aromatic N) is 1. The smallest absolute Gasteiger partial charge is 0.226 e. The van der Waals surface area contributed by atoms with Crippen LogP contribution >= 0.6 is 0 Å². The molecule has 0 spiro atoms. The zero-order valence-electron chi connectivity index (χ0n) is 13.0. The number of carbonyl (C=O) groups excluding carboxylic acids is 1. The number of carbonyl (C=O) groups is 1. The van der Waals surface area contributed by atoms with Crippen molar-refractivity contribution in [2.45, 2.75) is 45.8 Å². The number of amides is 1. The molecule has 0 aliphatic rings. The van der Waals surface area contributed by atoms with Crippen molar-refractivity contribution in [2.24, 2.45) is 0 Å². The van der Waals surface area contributed by atoms with Gasteiger partial charge in [0.15, 0.2) is 0 Å². The summed E-state index contributed by atoms with van der Waals surface area (Å²) in [5, 5.41) is 9.76. The Balaban J connectivity index is 2.75. The zero-order valence-corrected chi connectivity index (χ0v) is 13.0. The van der Waals surface area contributed by atoms with Crippen LogP contribution in [0.4, 0.5) is 0 Å². The highest BCUT2D eigenvalue weighted by Crippen LogP contribution is 2.20. The van der Waals surface area contributed by atoms with Gasteiger partial charge < -0.3 is 14.7 Å². The van der Waals surface area contributed by atoms with Gasteiger partial charge in [0.05, 0.1) is 18.1 Å². The molecule has 0 heterocycles. The van der Waals surface area contributed by atoms with Gasteiger partial charge in [0.25, 0.3) is 0 Å². The number of para-hydroxylation sites is 1. The highest BCUT2D eigenvalue weighted by Gasteiger charge is 2.20. The van der Waals surface area contributed by atoms with Crippen LogP contribution in [0.15, 0.2) is 24.3 Å². The van der Waals surface area contributed by atoms with Crippen LogP contribution in [0, 0.1) is 0 Å². The van der Waals surface area contributed by atoms with Crippen molar-refractivity contribution in [3.8, 4) is 5.75 Å². The first-order valence-electron chi connectivity index (χ1n) is 6.90. The van der Waals surface area contributed by atoms with Gasteiger partial charge >= 0.3 is 0 Å². The summed E-state index contributed by atoms with van der Waals surface area (Å²) in [6.45, 7) is 7.59. The summed E-state index contributed by atoms with van der Waals surface area (Å²) in [6.07, 6.45) is 0.343. The molecule has 0 bridgehead atoms. The van der Waals surface area contributed by atoms with Crippen molar-refractivity contribution in [3.63, 3.8) is 0 Å². The Hall–Kier alpha value is -1.55. The van der Waals surface area contributed by atoms with E-state index in [1.807, 2.05) is 38.1 Å². The fraction of sp³-hybridized carbons (Fsp3) is 0.562. The molecule has 112 valence electrons. The van der Waals surface area contributed by atoms with E-state index < -0.39 is 5.60 Å². The van der Waals surface area contributed by atoms with Crippen LogP contribution in [-0.2, 0) is 11.2 Å². The van der Waals surface area contributed by atoms with E-state index >= 15 is 0 Å². The lowest BCUT2D eigenvalue weighted by atomic mass is 10.1. The van der Waals surface area contributed by atoms with Crippen LogP contribution in [0.25, 0.3) is 0 Å². The van der Waals surface area contributed by atoms with E-state index in [1.54, 1.807) is 25.8 Å². The van der Waals surface area contributed by atoms with E-state index in [9.17, 15) is 9.90 Å². The highest BCUT2D eigenvalue weighted by atomic mass is 16.5. The maximum Gasteiger partial charge on any atom is 0.226 e. The van der Waals surface area contributed by atoms with Crippen LogP contribution in [0.3, 0.4) is 0 Å². The van der Waals surface area contributed by atoms with Crippen LogP contribution < -0.4 is 4.74 Å². The molecule has 1 N–H and O–H groups in total. The van der Waals surface area contributed by atoms with E-state index in [-0.39, 0.29) is 18.4 Å². The third-order valence-corrected chi connectivity index (χ3v) is 2.73. The number of likely N-dealkylation sites (N-methyl/N-ethyl adjacent to an activating group) is 1. The Morgan fingerprint density at radius 2 is 1.95 bits per heavy atom. The number of hydrogen-bond donors (Lipinski definition) is 1. The summed E-state index contributed by atoms with van der Waals surface area (Å²) in [6, 6.07) is 7.56. The first-order chi connectivity index (χ1) is 9.19. The van der Waals surface area contributed by atoms with Gasteiger partial charge in [-0.15, -0.1) is 0 Å². The first-order valence-corrected chi connectivity index (χ1v) is 6.90. The lowest BCUT2D eigenvalue weighted by molar-refractivity contribution is -0.131. The molecule has 0 aliphatic heterocycles. The van der Waals surface area contributed by atoms with Gasteiger partial charge in [-0.05, 0) is 33.8 Å². The second-order valence-corrected chi connectivity index (χ2v) is 6.01. The van der Waals surface area contributed by atoms with Gasteiger partial charge in [-0.3, -0.25) is 4.79 Å². The van der Waals surface area contributed by atoms with Crippen molar-refractivity contribution in [1.82, 2.24) is 4.90 Å². The summed E-state index contributed by atoms with van der Waals surface area (Å²) < 4.78 is 5.71. The molecule has 0 aliphatic carbocycles. The van der Waals surface area contributed by atoms with E-state index in [4.69, 9.17) is 4.74 Å². The van der Waals surface area contributed by atoms with Gasteiger partial charge in [-0.2, -0.15) is 0 Å². The van der Waals surface area contributed by atoms with Gasteiger partial charge in [0.1, 0.15) is 5.75 Å². The molecule has 1 aromatic rings. The van der Waals surface area contributed by atoms with E-state index in [0.717, 1.165) is 11.3 Å². The normalized spacial score (nSPS) is 11.6. The summed E-state index contributed by atoms with van der Waals surface area (Å²) >= 11 is 0. The summed E-state index contributed by atoms with van der Waals surface area (Å²) in [5.41, 5.74) is -0.0213. The molecule has 1 rings (SSSR count). The molecule has 0 saturated heterocycles. The predicted molar refractivity (Wildman–Crippen MR) is 79.8 cm³/mol. The van der Waals surface area contributed by atoms with E-state index in [2.05, 4.69) is 0 Å². The van der Waals surface area contributed by atoms with Crippen molar-refractivity contribution < 1.29 is 14.6 Å². The molecule has 1 aromatic carbocycles. The van der Waals surface area contributed by atoms with Gasteiger partial charge in [0.2, 0.25) is 5.91 Å². The summed E-state index contributed by atoms with van der Waals surface area (Å²) in [7, 11) is 1.70. The minimum Gasteiger partial charge on any atom is -0.491 e. The fourth-order valence-electron chi connectivity index (χ4n) is 1.99. The molecule has 1 amide bonds. The Bertz CT molecular complexity index is 449. The molecule has 0 saturated carbocycles. The molecule has 0 aromatic heterocycles. The maximum atomic E-state index is 12.2.